The van der Waals surface area contributed by atoms with Crippen molar-refractivity contribution in [2.75, 3.05) is 5.73 Å². The molecule has 2 N–H and O–H groups in total. The average molecular weight is 270 g/mol. The van der Waals surface area contributed by atoms with Gasteiger partial charge in [0, 0.05) is 4.88 Å². The summed E-state index contributed by atoms with van der Waals surface area (Å²) in [5.74, 6) is 1.19. The van der Waals surface area contributed by atoms with Crippen LogP contribution in [0.4, 0.5) is 5.82 Å². The van der Waals surface area contributed by atoms with E-state index in [-0.39, 0.29) is 0 Å². The number of nitrogens with two attached hydrogens (primary N) is 1. The van der Waals surface area contributed by atoms with Gasteiger partial charge in [0.1, 0.15) is 0 Å². The lowest BCUT2D eigenvalue weighted by Gasteiger charge is -2.02. The van der Waals surface area contributed by atoms with Crippen molar-refractivity contribution in [1.82, 2.24) is 5.16 Å². The highest BCUT2D eigenvalue weighted by Crippen LogP contribution is 2.39. The van der Waals surface area contributed by atoms with Crippen LogP contribution in [0.1, 0.15) is 10.4 Å². The van der Waals surface area contributed by atoms with Gasteiger partial charge in [0.15, 0.2) is 11.6 Å². The van der Waals surface area contributed by atoms with Crippen molar-refractivity contribution in [2.24, 2.45) is 0 Å². The van der Waals surface area contributed by atoms with Gasteiger partial charge in [0.2, 0.25) is 0 Å². The van der Waals surface area contributed by atoms with Crippen molar-refractivity contribution < 1.29 is 4.52 Å². The molecule has 0 unspecified atom stereocenters. The zero-order valence-corrected chi connectivity index (χ0v) is 11.6. The number of nitrogens with zero attached hydrogens (tertiary/aromatic N) is 1. The summed E-state index contributed by atoms with van der Waals surface area (Å²) in [6.45, 7) is 4.13. The molecule has 0 aliphatic rings. The van der Waals surface area contributed by atoms with Crippen molar-refractivity contribution in [3.63, 3.8) is 0 Å². The zero-order chi connectivity index (χ0) is 13.4. The van der Waals surface area contributed by atoms with Crippen LogP contribution in [-0.4, -0.2) is 5.16 Å². The van der Waals surface area contributed by atoms with Crippen LogP contribution in [-0.2, 0) is 0 Å². The van der Waals surface area contributed by atoms with Gasteiger partial charge in [-0.2, -0.15) is 0 Å². The van der Waals surface area contributed by atoms with Crippen molar-refractivity contribution in [3.05, 3.63) is 46.8 Å². The molecular formula is C15H14N2OS. The Kier molecular flexibility index (Phi) is 2.87. The van der Waals surface area contributed by atoms with E-state index < -0.39 is 0 Å². The average Bonchev–Trinajstić information content (AvgIpc) is 2.95. The monoisotopic (exact) mass is 270 g/mol. The molecular weight excluding hydrogens is 256 g/mol. The Balaban J connectivity index is 2.19. The number of hydrogen-bond acceptors (Lipinski definition) is 4. The van der Waals surface area contributed by atoms with E-state index in [1.807, 2.05) is 18.2 Å². The first-order valence-corrected chi connectivity index (χ1v) is 6.86. The molecule has 1 aromatic carbocycles. The van der Waals surface area contributed by atoms with Crippen LogP contribution < -0.4 is 5.73 Å². The normalized spacial score (nSPS) is 10.8. The van der Waals surface area contributed by atoms with Crippen LogP contribution in [0.2, 0.25) is 0 Å². The third kappa shape index (κ3) is 2.15. The maximum Gasteiger partial charge on any atom is 0.186 e. The minimum Gasteiger partial charge on any atom is -0.380 e. The van der Waals surface area contributed by atoms with Crippen LogP contribution in [0, 0.1) is 13.8 Å². The molecule has 3 rings (SSSR count). The van der Waals surface area contributed by atoms with Crippen LogP contribution in [0.25, 0.3) is 21.8 Å². The number of nitrogen functional groups attached to an aromatic ring is 1. The fourth-order valence-corrected chi connectivity index (χ4v) is 2.96. The highest BCUT2D eigenvalue weighted by atomic mass is 32.1. The first-order chi connectivity index (χ1) is 9.15. The van der Waals surface area contributed by atoms with Crippen LogP contribution in [0.15, 0.2) is 40.9 Å². The summed E-state index contributed by atoms with van der Waals surface area (Å²) in [4.78, 5) is 2.29. The molecule has 0 saturated heterocycles. The second-order valence-electron chi connectivity index (χ2n) is 4.55. The summed E-state index contributed by atoms with van der Waals surface area (Å²) >= 11 is 1.68. The lowest BCUT2D eigenvalue weighted by atomic mass is 10.0. The molecule has 0 aliphatic heterocycles. The molecule has 0 radical (unpaired) electrons. The van der Waals surface area contributed by atoms with Gasteiger partial charge in [-0.3, -0.25) is 0 Å². The molecule has 0 saturated carbocycles. The topological polar surface area (TPSA) is 52.0 Å². The molecule has 0 amide bonds. The Hall–Kier alpha value is -2.07. The zero-order valence-electron chi connectivity index (χ0n) is 10.8. The standard InChI is InChI=1S/C15H14N2OS/c1-9-4-3-5-11(8-9)13-14(18-17-15(13)16)12-7-6-10(2)19-12/h3-8H,1-2H3,(H2,16,17). The maximum atomic E-state index is 5.97. The van der Waals surface area contributed by atoms with Crippen molar-refractivity contribution in [1.29, 1.82) is 0 Å². The quantitative estimate of drug-likeness (QED) is 0.756. The molecule has 4 heteroatoms. The second-order valence-corrected chi connectivity index (χ2v) is 5.84. The Morgan fingerprint density at radius 1 is 1.16 bits per heavy atom. The second kappa shape index (κ2) is 4.55. The molecule has 0 bridgehead atoms. The number of benzene rings is 1. The molecule has 2 aromatic heterocycles. The molecule has 0 aliphatic carbocycles. The number of thiophene rings is 1. The molecule has 3 nitrogen and oxygen atoms in total. The van der Waals surface area contributed by atoms with E-state index in [2.05, 4.69) is 37.2 Å². The lowest BCUT2D eigenvalue weighted by Crippen LogP contribution is -1.88. The highest BCUT2D eigenvalue weighted by molar-refractivity contribution is 7.15. The van der Waals surface area contributed by atoms with Gasteiger partial charge in [-0.05, 0) is 31.5 Å². The summed E-state index contributed by atoms with van der Waals surface area (Å²) < 4.78 is 5.42. The molecule has 19 heavy (non-hydrogen) atoms. The minimum absolute atomic E-state index is 0.437. The molecule has 2 heterocycles. The molecule has 0 fully saturated rings. The van der Waals surface area contributed by atoms with Crippen LogP contribution >= 0.6 is 11.3 Å². The van der Waals surface area contributed by atoms with Crippen LogP contribution in [0.5, 0.6) is 0 Å². The number of hydrogen-bond donors (Lipinski definition) is 1. The smallest absolute Gasteiger partial charge is 0.186 e. The van der Waals surface area contributed by atoms with E-state index in [4.69, 9.17) is 10.3 Å². The van der Waals surface area contributed by atoms with Gasteiger partial charge >= 0.3 is 0 Å². The third-order valence-electron chi connectivity index (χ3n) is 2.99. The number of rotatable bonds is 2. The largest absolute Gasteiger partial charge is 0.380 e. The van der Waals surface area contributed by atoms with Crippen LogP contribution in [0.3, 0.4) is 0 Å². The SMILES string of the molecule is Cc1cccc(-c2c(N)noc2-c2ccc(C)s2)c1. The van der Waals surface area contributed by atoms with E-state index >= 15 is 0 Å². The molecule has 0 spiro atoms. The van der Waals surface area contributed by atoms with E-state index in [0.29, 0.717) is 5.82 Å². The van der Waals surface area contributed by atoms with E-state index in [0.717, 1.165) is 21.8 Å². The van der Waals surface area contributed by atoms with E-state index in [1.54, 1.807) is 11.3 Å². The van der Waals surface area contributed by atoms with E-state index in [1.165, 1.54) is 10.4 Å². The summed E-state index contributed by atoms with van der Waals surface area (Å²) in [6, 6.07) is 12.3. The first-order valence-electron chi connectivity index (χ1n) is 6.04. The Labute approximate surface area is 115 Å². The van der Waals surface area contributed by atoms with Gasteiger partial charge in [-0.15, -0.1) is 11.3 Å². The summed E-state index contributed by atoms with van der Waals surface area (Å²) in [5, 5.41) is 3.92. The Morgan fingerprint density at radius 3 is 2.68 bits per heavy atom. The Bertz CT molecular complexity index is 727. The third-order valence-corrected chi connectivity index (χ3v) is 3.99. The van der Waals surface area contributed by atoms with Crippen molar-refractivity contribution in [2.45, 2.75) is 13.8 Å². The highest BCUT2D eigenvalue weighted by Gasteiger charge is 2.18. The fourth-order valence-electron chi connectivity index (χ4n) is 2.11. The first kappa shape index (κ1) is 12.0. The lowest BCUT2D eigenvalue weighted by molar-refractivity contribution is 0.437. The number of aryl methyl sites for hydroxylation is 2. The Morgan fingerprint density at radius 2 is 2.00 bits per heavy atom. The van der Waals surface area contributed by atoms with Gasteiger partial charge in [-0.1, -0.05) is 35.0 Å². The van der Waals surface area contributed by atoms with Gasteiger partial charge in [-0.25, -0.2) is 0 Å². The number of anilines is 1. The van der Waals surface area contributed by atoms with Gasteiger partial charge in [0.25, 0.3) is 0 Å². The predicted octanol–water partition coefficient (Wildman–Crippen LogP) is 4.27. The predicted molar refractivity (Wildman–Crippen MR) is 79.1 cm³/mol. The van der Waals surface area contributed by atoms with Gasteiger partial charge in [0.05, 0.1) is 10.4 Å². The van der Waals surface area contributed by atoms with Crippen molar-refractivity contribution >= 4 is 17.2 Å². The molecule has 96 valence electrons. The summed E-state index contributed by atoms with van der Waals surface area (Å²) in [5.41, 5.74) is 9.08. The molecule has 0 atom stereocenters. The molecule has 3 aromatic rings. The summed E-state index contributed by atoms with van der Waals surface area (Å²) in [6.07, 6.45) is 0. The maximum absolute atomic E-state index is 5.97. The minimum atomic E-state index is 0.437. The van der Waals surface area contributed by atoms with Crippen molar-refractivity contribution in [3.8, 4) is 21.8 Å². The van der Waals surface area contributed by atoms with Gasteiger partial charge < -0.3 is 10.3 Å². The van der Waals surface area contributed by atoms with E-state index in [9.17, 15) is 0 Å². The fraction of sp³-hybridized carbons (Fsp3) is 0.133. The number of aromatic nitrogens is 1. The summed E-state index contributed by atoms with van der Waals surface area (Å²) in [7, 11) is 0.